The van der Waals surface area contributed by atoms with Crippen LogP contribution in [0.5, 0.6) is 0 Å². The van der Waals surface area contributed by atoms with Crippen molar-refractivity contribution < 1.29 is 9.32 Å². The molecule has 0 N–H and O–H groups in total. The van der Waals surface area contributed by atoms with Crippen LogP contribution in [0.3, 0.4) is 0 Å². The lowest BCUT2D eigenvalue weighted by Crippen LogP contribution is -2.52. The van der Waals surface area contributed by atoms with Crippen molar-refractivity contribution in [1.29, 1.82) is 0 Å². The summed E-state index contributed by atoms with van der Waals surface area (Å²) in [6.45, 7) is 13.1. The summed E-state index contributed by atoms with van der Waals surface area (Å²) in [5, 5.41) is 4.13. The number of aromatic nitrogens is 2. The Bertz CT molecular complexity index is 753. The summed E-state index contributed by atoms with van der Waals surface area (Å²) in [5.41, 5.74) is 1.83. The predicted molar refractivity (Wildman–Crippen MR) is 100 cm³/mol. The van der Waals surface area contributed by atoms with Crippen LogP contribution in [-0.4, -0.2) is 52.0 Å². The first-order valence-corrected chi connectivity index (χ1v) is 9.20. The largest absolute Gasteiger partial charge is 0.340 e. The van der Waals surface area contributed by atoms with Crippen molar-refractivity contribution in [3.63, 3.8) is 0 Å². The molecule has 0 radical (unpaired) electrons. The zero-order chi connectivity index (χ0) is 18.9. The first-order valence-electron chi connectivity index (χ1n) is 9.20. The lowest BCUT2D eigenvalue weighted by Gasteiger charge is -2.39. The number of aryl methyl sites for hydroxylation is 1. The number of amides is 1. The fourth-order valence-corrected chi connectivity index (χ4v) is 3.17. The third-order valence-corrected chi connectivity index (χ3v) is 4.90. The fourth-order valence-electron chi connectivity index (χ4n) is 3.17. The van der Waals surface area contributed by atoms with E-state index in [0.717, 1.165) is 31.7 Å². The fraction of sp³-hybridized carbons (Fsp3) is 0.550. The van der Waals surface area contributed by atoms with E-state index >= 15 is 0 Å². The van der Waals surface area contributed by atoms with Crippen LogP contribution in [-0.2, 0) is 4.79 Å². The van der Waals surface area contributed by atoms with Crippen LogP contribution in [0, 0.1) is 12.3 Å². The van der Waals surface area contributed by atoms with E-state index in [2.05, 4.69) is 28.9 Å². The maximum atomic E-state index is 12.4. The molecule has 140 valence electrons. The van der Waals surface area contributed by atoms with E-state index in [1.807, 2.05) is 49.9 Å². The van der Waals surface area contributed by atoms with Crippen LogP contribution in [0.2, 0.25) is 0 Å². The second-order valence-corrected chi connectivity index (χ2v) is 8.08. The highest BCUT2D eigenvalue weighted by atomic mass is 16.5. The average molecular weight is 356 g/mol. The van der Waals surface area contributed by atoms with E-state index in [4.69, 9.17) is 4.52 Å². The molecule has 1 atom stereocenters. The molecule has 1 fully saturated rings. The molecular formula is C20H28N4O2. The van der Waals surface area contributed by atoms with Gasteiger partial charge in [-0.2, -0.15) is 4.98 Å². The maximum Gasteiger partial charge on any atom is 0.244 e. The summed E-state index contributed by atoms with van der Waals surface area (Å²) in [4.78, 5) is 21.2. The van der Waals surface area contributed by atoms with E-state index in [1.165, 1.54) is 5.56 Å². The lowest BCUT2D eigenvalue weighted by atomic mass is 9.94. The number of hydrogen-bond donors (Lipinski definition) is 0. The van der Waals surface area contributed by atoms with Crippen molar-refractivity contribution >= 4 is 5.91 Å². The Labute approximate surface area is 155 Å². The molecular weight excluding hydrogens is 328 g/mol. The molecule has 3 rings (SSSR count). The molecule has 6 heteroatoms. The number of carbonyl (C=O) groups excluding carboxylic acids is 1. The number of piperazine rings is 1. The van der Waals surface area contributed by atoms with E-state index in [-0.39, 0.29) is 17.4 Å². The molecule has 1 amide bonds. The Morgan fingerprint density at radius 1 is 1.12 bits per heavy atom. The number of nitrogens with zero attached hydrogens (tertiary/aromatic N) is 4. The Morgan fingerprint density at radius 3 is 2.31 bits per heavy atom. The minimum Gasteiger partial charge on any atom is -0.340 e. The molecule has 0 bridgehead atoms. The van der Waals surface area contributed by atoms with Gasteiger partial charge in [0.2, 0.25) is 17.6 Å². The van der Waals surface area contributed by atoms with Gasteiger partial charge in [-0.15, -0.1) is 0 Å². The van der Waals surface area contributed by atoms with Gasteiger partial charge in [0.05, 0.1) is 6.04 Å². The van der Waals surface area contributed by atoms with Crippen molar-refractivity contribution in [1.82, 2.24) is 19.9 Å². The highest BCUT2D eigenvalue weighted by molar-refractivity contribution is 5.81. The second-order valence-electron chi connectivity index (χ2n) is 8.08. The van der Waals surface area contributed by atoms with Crippen LogP contribution in [0.15, 0.2) is 28.8 Å². The molecule has 6 nitrogen and oxygen atoms in total. The Morgan fingerprint density at radius 2 is 1.73 bits per heavy atom. The van der Waals surface area contributed by atoms with Crippen LogP contribution in [0.1, 0.15) is 45.2 Å². The number of carbonyl (C=O) groups is 1. The minimum atomic E-state index is -0.330. The normalized spacial score (nSPS) is 17.3. The quantitative estimate of drug-likeness (QED) is 0.844. The average Bonchev–Trinajstić information content (AvgIpc) is 3.10. The molecule has 1 aliphatic heterocycles. The zero-order valence-electron chi connectivity index (χ0n) is 16.3. The van der Waals surface area contributed by atoms with Gasteiger partial charge < -0.3 is 9.42 Å². The molecule has 1 unspecified atom stereocenters. The minimum absolute atomic E-state index is 0.0357. The van der Waals surface area contributed by atoms with E-state index < -0.39 is 0 Å². The van der Waals surface area contributed by atoms with Crippen molar-refractivity contribution in [3.8, 4) is 11.4 Å². The summed E-state index contributed by atoms with van der Waals surface area (Å²) in [6, 6.07) is 8.13. The molecule has 26 heavy (non-hydrogen) atoms. The molecule has 0 saturated carbocycles. The first kappa shape index (κ1) is 18.6. The molecule has 1 aromatic heterocycles. The highest BCUT2D eigenvalue weighted by Crippen LogP contribution is 2.25. The summed E-state index contributed by atoms with van der Waals surface area (Å²) < 4.78 is 5.51. The summed E-state index contributed by atoms with van der Waals surface area (Å²) in [5.74, 6) is 1.45. The van der Waals surface area contributed by atoms with Gasteiger partial charge in [-0.1, -0.05) is 55.8 Å². The topological polar surface area (TPSA) is 62.5 Å². The van der Waals surface area contributed by atoms with Gasteiger partial charge in [-0.3, -0.25) is 9.69 Å². The zero-order valence-corrected chi connectivity index (χ0v) is 16.3. The molecule has 0 aliphatic carbocycles. The van der Waals surface area contributed by atoms with E-state index in [0.29, 0.717) is 11.7 Å². The molecule has 1 saturated heterocycles. The van der Waals surface area contributed by atoms with E-state index in [9.17, 15) is 4.79 Å². The smallest absolute Gasteiger partial charge is 0.244 e. The first-order chi connectivity index (χ1) is 12.3. The van der Waals surface area contributed by atoms with Crippen molar-refractivity contribution in [2.75, 3.05) is 26.2 Å². The van der Waals surface area contributed by atoms with Crippen LogP contribution in [0.4, 0.5) is 0 Å². The summed E-state index contributed by atoms with van der Waals surface area (Å²) in [6.07, 6.45) is 0. The third-order valence-electron chi connectivity index (χ3n) is 4.90. The molecule has 2 heterocycles. The molecule has 2 aromatic rings. The molecule has 1 aliphatic rings. The SMILES string of the molecule is Cc1ccc(-c2noc(C(C)N3CCN(C(=O)C(C)(C)C)CC3)n2)cc1. The van der Waals surface area contributed by atoms with Crippen molar-refractivity contribution in [2.24, 2.45) is 5.41 Å². The Hall–Kier alpha value is -2.21. The van der Waals surface area contributed by atoms with Crippen LogP contribution >= 0.6 is 0 Å². The van der Waals surface area contributed by atoms with Gasteiger partial charge in [-0.05, 0) is 13.8 Å². The second kappa shape index (κ2) is 7.19. The molecule has 1 aromatic carbocycles. The standard InChI is InChI=1S/C20H28N4O2/c1-14-6-8-16(9-7-14)17-21-18(26-22-17)15(2)23-10-12-24(13-11-23)19(25)20(3,4)5/h6-9,15H,10-13H2,1-5H3. The lowest BCUT2D eigenvalue weighted by molar-refractivity contribution is -0.141. The third kappa shape index (κ3) is 3.96. The maximum absolute atomic E-state index is 12.4. The number of benzene rings is 1. The van der Waals surface area contributed by atoms with Gasteiger partial charge >= 0.3 is 0 Å². The van der Waals surface area contributed by atoms with E-state index in [1.54, 1.807) is 0 Å². The Kier molecular flexibility index (Phi) is 5.14. The van der Waals surface area contributed by atoms with Crippen LogP contribution < -0.4 is 0 Å². The Balaban J connectivity index is 1.63. The monoisotopic (exact) mass is 356 g/mol. The van der Waals surface area contributed by atoms with Gasteiger partial charge in [-0.25, -0.2) is 0 Å². The summed E-state index contributed by atoms with van der Waals surface area (Å²) in [7, 11) is 0. The number of rotatable bonds is 3. The predicted octanol–water partition coefficient (Wildman–Crippen LogP) is 3.30. The van der Waals surface area contributed by atoms with Gasteiger partial charge in [0.25, 0.3) is 0 Å². The van der Waals surface area contributed by atoms with Gasteiger partial charge in [0.15, 0.2) is 0 Å². The van der Waals surface area contributed by atoms with Gasteiger partial charge in [0.1, 0.15) is 0 Å². The summed E-state index contributed by atoms with van der Waals surface area (Å²) >= 11 is 0. The van der Waals surface area contributed by atoms with Crippen molar-refractivity contribution in [3.05, 3.63) is 35.7 Å². The van der Waals surface area contributed by atoms with Crippen molar-refractivity contribution in [2.45, 2.75) is 40.7 Å². The highest BCUT2D eigenvalue weighted by Gasteiger charge is 2.32. The molecule has 0 spiro atoms. The van der Waals surface area contributed by atoms with Crippen LogP contribution in [0.25, 0.3) is 11.4 Å². The number of hydrogen-bond acceptors (Lipinski definition) is 5. The van der Waals surface area contributed by atoms with Gasteiger partial charge in [0, 0.05) is 37.2 Å².